The van der Waals surface area contributed by atoms with E-state index < -0.39 is 0 Å². The molecular formula is C29H46. The Labute approximate surface area is 181 Å². The number of hydrogen-bond acceptors (Lipinski definition) is 0. The predicted molar refractivity (Wildman–Crippen MR) is 132 cm³/mol. The molecule has 2 rings (SSSR count). The van der Waals surface area contributed by atoms with Crippen molar-refractivity contribution >= 4 is 10.8 Å². The summed E-state index contributed by atoms with van der Waals surface area (Å²) >= 11 is 0. The summed E-state index contributed by atoms with van der Waals surface area (Å²) in [4.78, 5) is 0. The predicted octanol–water partition coefficient (Wildman–Crippen LogP) is 9.60. The van der Waals surface area contributed by atoms with Gasteiger partial charge in [-0.3, -0.25) is 0 Å². The van der Waals surface area contributed by atoms with Crippen LogP contribution in [0.4, 0.5) is 0 Å². The summed E-state index contributed by atoms with van der Waals surface area (Å²) in [6.45, 7) is 12.0. The molecule has 0 bridgehead atoms. The summed E-state index contributed by atoms with van der Waals surface area (Å²) in [7, 11) is 0. The van der Waals surface area contributed by atoms with E-state index in [1.54, 1.807) is 5.56 Å². The zero-order valence-corrected chi connectivity index (χ0v) is 20.0. The Morgan fingerprint density at radius 2 is 1.38 bits per heavy atom. The van der Waals surface area contributed by atoms with Gasteiger partial charge in [0, 0.05) is 0 Å². The fraction of sp³-hybridized carbons (Fsp3) is 0.655. The fourth-order valence-corrected chi connectivity index (χ4v) is 5.81. The molecule has 162 valence electrons. The highest BCUT2D eigenvalue weighted by atomic mass is 14.3. The molecule has 0 aliphatic heterocycles. The highest BCUT2D eigenvalue weighted by Gasteiger charge is 2.29. The van der Waals surface area contributed by atoms with E-state index in [1.807, 2.05) is 0 Å². The molecule has 2 aromatic rings. The lowest BCUT2D eigenvalue weighted by Gasteiger charge is -2.37. The first-order valence-corrected chi connectivity index (χ1v) is 12.6. The molecule has 0 amide bonds. The molecule has 2 unspecified atom stereocenters. The van der Waals surface area contributed by atoms with Crippen LogP contribution in [-0.4, -0.2) is 0 Å². The van der Waals surface area contributed by atoms with Crippen molar-refractivity contribution < 1.29 is 0 Å². The minimum absolute atomic E-state index is 0.574. The van der Waals surface area contributed by atoms with Crippen LogP contribution >= 0.6 is 0 Å². The van der Waals surface area contributed by atoms with Gasteiger partial charge in [-0.05, 0) is 59.3 Å². The molecule has 0 aromatic heterocycles. The van der Waals surface area contributed by atoms with Gasteiger partial charge in [-0.1, -0.05) is 122 Å². The maximum Gasteiger partial charge on any atom is -0.0152 e. The lowest BCUT2D eigenvalue weighted by molar-refractivity contribution is 0.153. The monoisotopic (exact) mass is 394 g/mol. The van der Waals surface area contributed by atoms with Gasteiger partial charge in [0.15, 0.2) is 0 Å². The molecule has 0 saturated carbocycles. The Morgan fingerprint density at radius 3 is 2.03 bits per heavy atom. The van der Waals surface area contributed by atoms with Crippen LogP contribution in [0.15, 0.2) is 42.5 Å². The average molecular weight is 395 g/mol. The van der Waals surface area contributed by atoms with E-state index >= 15 is 0 Å². The van der Waals surface area contributed by atoms with Gasteiger partial charge in [0.2, 0.25) is 0 Å². The smallest absolute Gasteiger partial charge is 0.0152 e. The van der Waals surface area contributed by atoms with Gasteiger partial charge in [0.25, 0.3) is 0 Å². The Morgan fingerprint density at radius 1 is 0.724 bits per heavy atom. The molecule has 0 aliphatic rings. The first-order valence-electron chi connectivity index (χ1n) is 12.6. The molecule has 0 fully saturated rings. The third-order valence-corrected chi connectivity index (χ3v) is 7.45. The van der Waals surface area contributed by atoms with Gasteiger partial charge in [0.05, 0.1) is 0 Å². The summed E-state index contributed by atoms with van der Waals surface area (Å²) in [6.07, 6.45) is 14.9. The number of fused-ring (bicyclic) bond motifs is 1. The van der Waals surface area contributed by atoms with Gasteiger partial charge >= 0.3 is 0 Å². The number of hydrogen-bond donors (Lipinski definition) is 0. The van der Waals surface area contributed by atoms with Crippen LogP contribution in [0.3, 0.4) is 0 Å². The maximum atomic E-state index is 2.43. The normalized spacial score (nSPS) is 14.2. The maximum absolute atomic E-state index is 2.43. The molecule has 0 aliphatic carbocycles. The van der Waals surface area contributed by atoms with Crippen molar-refractivity contribution in [3.05, 3.63) is 48.0 Å². The van der Waals surface area contributed by atoms with Crippen molar-refractivity contribution in [1.29, 1.82) is 0 Å². The minimum atomic E-state index is 0.574. The van der Waals surface area contributed by atoms with E-state index in [0.717, 1.165) is 11.8 Å². The summed E-state index contributed by atoms with van der Waals surface area (Å²) in [5, 5.41) is 2.86. The lowest BCUT2D eigenvalue weighted by atomic mass is 9.69. The van der Waals surface area contributed by atoms with Crippen LogP contribution in [0, 0.1) is 17.3 Å². The molecule has 0 radical (unpaired) electrons. The summed E-state index contributed by atoms with van der Waals surface area (Å²) < 4.78 is 0. The minimum Gasteiger partial charge on any atom is -0.0654 e. The number of benzene rings is 2. The molecule has 0 heterocycles. The first-order chi connectivity index (χ1) is 14.1. The fourth-order valence-electron chi connectivity index (χ4n) is 5.81. The van der Waals surface area contributed by atoms with Crippen LogP contribution in [-0.2, 0) is 6.42 Å². The van der Waals surface area contributed by atoms with E-state index in [4.69, 9.17) is 0 Å². The Balaban J connectivity index is 2.18. The molecular weight excluding hydrogens is 348 g/mol. The van der Waals surface area contributed by atoms with E-state index in [-0.39, 0.29) is 0 Å². The molecule has 0 heteroatoms. The van der Waals surface area contributed by atoms with Crippen molar-refractivity contribution in [3.63, 3.8) is 0 Å². The van der Waals surface area contributed by atoms with Crippen molar-refractivity contribution in [2.45, 2.75) is 105 Å². The number of rotatable bonds is 14. The van der Waals surface area contributed by atoms with Crippen molar-refractivity contribution in [2.75, 3.05) is 0 Å². The van der Waals surface area contributed by atoms with Gasteiger partial charge in [-0.15, -0.1) is 0 Å². The van der Waals surface area contributed by atoms with Crippen LogP contribution in [0.2, 0.25) is 0 Å². The molecule has 29 heavy (non-hydrogen) atoms. The first kappa shape index (κ1) is 24.0. The molecule has 2 aromatic carbocycles. The highest BCUT2D eigenvalue weighted by Crippen LogP contribution is 2.42. The molecule has 0 spiro atoms. The zero-order chi connectivity index (χ0) is 21.1. The third-order valence-electron chi connectivity index (χ3n) is 7.45. The van der Waals surface area contributed by atoms with Gasteiger partial charge < -0.3 is 0 Å². The quantitative estimate of drug-likeness (QED) is 0.299. The Kier molecular flexibility index (Phi) is 10.3. The summed E-state index contributed by atoms with van der Waals surface area (Å²) in [5.74, 6) is 1.70. The van der Waals surface area contributed by atoms with Gasteiger partial charge in [0.1, 0.15) is 0 Å². The lowest BCUT2D eigenvalue weighted by Crippen LogP contribution is -2.24. The second-order valence-corrected chi connectivity index (χ2v) is 9.55. The summed E-state index contributed by atoms with van der Waals surface area (Å²) in [5.41, 5.74) is 2.13. The van der Waals surface area contributed by atoms with Gasteiger partial charge in [-0.2, -0.15) is 0 Å². The van der Waals surface area contributed by atoms with Crippen LogP contribution in [0.1, 0.15) is 104 Å². The van der Waals surface area contributed by atoms with Gasteiger partial charge in [-0.25, -0.2) is 0 Å². The standard InChI is InChI=1S/C29H46/c1-6-14-24(22-27-18-13-17-26-16-11-12-19-28(26)27)21-25(15-7-2)23-29(9-4,10-5)20-8-3/h11-13,16-19,24-25H,6-10,14-15,20-23H2,1-5H3. The molecule has 2 atom stereocenters. The van der Waals surface area contributed by atoms with E-state index in [1.165, 1.54) is 81.4 Å². The Hall–Kier alpha value is -1.30. The summed E-state index contributed by atoms with van der Waals surface area (Å²) in [6, 6.07) is 15.8. The second kappa shape index (κ2) is 12.4. The average Bonchev–Trinajstić information content (AvgIpc) is 2.74. The van der Waals surface area contributed by atoms with Crippen molar-refractivity contribution in [3.8, 4) is 0 Å². The topological polar surface area (TPSA) is 0 Å². The van der Waals surface area contributed by atoms with E-state index in [2.05, 4.69) is 77.1 Å². The van der Waals surface area contributed by atoms with Crippen molar-refractivity contribution in [2.24, 2.45) is 17.3 Å². The molecule has 0 nitrogen and oxygen atoms in total. The molecule has 0 N–H and O–H groups in total. The Bertz CT molecular complexity index is 689. The highest BCUT2D eigenvalue weighted by molar-refractivity contribution is 5.85. The SMILES string of the molecule is CCCC(Cc1cccc2ccccc12)CC(CCC)CC(CC)(CC)CCC. The molecule has 0 saturated heterocycles. The van der Waals surface area contributed by atoms with E-state index in [0.29, 0.717) is 5.41 Å². The zero-order valence-electron chi connectivity index (χ0n) is 20.0. The van der Waals surface area contributed by atoms with E-state index in [9.17, 15) is 0 Å². The largest absolute Gasteiger partial charge is 0.0654 e. The van der Waals surface area contributed by atoms with Crippen LogP contribution in [0.25, 0.3) is 10.8 Å². The van der Waals surface area contributed by atoms with Crippen LogP contribution < -0.4 is 0 Å². The second-order valence-electron chi connectivity index (χ2n) is 9.55. The van der Waals surface area contributed by atoms with Crippen LogP contribution in [0.5, 0.6) is 0 Å². The third kappa shape index (κ3) is 6.87. The van der Waals surface area contributed by atoms with Crippen molar-refractivity contribution in [1.82, 2.24) is 0 Å².